The van der Waals surface area contributed by atoms with Crippen molar-refractivity contribution in [3.05, 3.63) is 52.3 Å². The molecule has 0 aliphatic carbocycles. The lowest BCUT2D eigenvalue weighted by molar-refractivity contribution is -0.115. The van der Waals surface area contributed by atoms with Crippen LogP contribution in [0, 0.1) is 6.92 Å². The summed E-state index contributed by atoms with van der Waals surface area (Å²) in [5.74, 6) is -0.0882. The first-order valence-corrected chi connectivity index (χ1v) is 9.91. The smallest absolute Gasteiger partial charge is 0.232 e. The van der Waals surface area contributed by atoms with Crippen LogP contribution >= 0.6 is 34.0 Å². The van der Waals surface area contributed by atoms with E-state index in [4.69, 9.17) is 0 Å². The van der Waals surface area contributed by atoms with Crippen molar-refractivity contribution in [2.75, 3.05) is 5.32 Å². The molecule has 0 aliphatic heterocycles. The number of carbonyl (C=O) groups excluding carboxylic acids is 1. The summed E-state index contributed by atoms with van der Waals surface area (Å²) >= 11 is 4.72. The number of carbonyl (C=O) groups is 1. The molecule has 1 aromatic carbocycles. The van der Waals surface area contributed by atoms with Gasteiger partial charge in [0.25, 0.3) is 0 Å². The number of hydrogen-bond acceptors (Lipinski definition) is 6. The molecule has 7 heteroatoms. The Hall–Kier alpha value is -2.09. The quantitative estimate of drug-likeness (QED) is 0.551. The molecular formula is C17H13N3OS3. The molecule has 1 amide bonds. The highest BCUT2D eigenvalue weighted by Crippen LogP contribution is 2.29. The fraction of sp³-hybridized carbons (Fsp3) is 0.118. The number of para-hydroxylation sites is 1. The minimum absolute atomic E-state index is 0.0882. The van der Waals surface area contributed by atoms with E-state index in [1.54, 1.807) is 22.7 Å². The molecule has 4 nitrogen and oxygen atoms in total. The van der Waals surface area contributed by atoms with Gasteiger partial charge in [0, 0.05) is 5.38 Å². The van der Waals surface area contributed by atoms with Gasteiger partial charge in [0.2, 0.25) is 5.91 Å². The Morgan fingerprint density at radius 2 is 2.08 bits per heavy atom. The van der Waals surface area contributed by atoms with Crippen LogP contribution in [0.15, 0.2) is 41.1 Å². The number of anilines is 1. The van der Waals surface area contributed by atoms with Crippen molar-refractivity contribution in [3.63, 3.8) is 0 Å². The minimum atomic E-state index is -0.0882. The van der Waals surface area contributed by atoms with Crippen molar-refractivity contribution in [1.29, 1.82) is 0 Å². The predicted octanol–water partition coefficient (Wildman–Crippen LogP) is 4.97. The molecule has 0 bridgehead atoms. The molecule has 24 heavy (non-hydrogen) atoms. The molecule has 4 rings (SSSR count). The normalized spacial score (nSPS) is 11.0. The zero-order chi connectivity index (χ0) is 16.5. The summed E-state index contributed by atoms with van der Waals surface area (Å²) < 4.78 is 1.08. The predicted molar refractivity (Wildman–Crippen MR) is 102 cm³/mol. The van der Waals surface area contributed by atoms with Crippen LogP contribution in [0.3, 0.4) is 0 Å². The number of nitrogens with one attached hydrogen (secondary N) is 1. The van der Waals surface area contributed by atoms with Crippen LogP contribution in [-0.2, 0) is 11.2 Å². The molecule has 0 fully saturated rings. The Kier molecular flexibility index (Phi) is 4.13. The molecule has 4 aromatic rings. The minimum Gasteiger partial charge on any atom is -0.302 e. The zero-order valence-electron chi connectivity index (χ0n) is 12.8. The summed E-state index contributed by atoms with van der Waals surface area (Å²) in [4.78, 5) is 22.4. The first-order valence-electron chi connectivity index (χ1n) is 7.33. The van der Waals surface area contributed by atoms with Crippen LogP contribution in [0.25, 0.3) is 20.1 Å². The summed E-state index contributed by atoms with van der Waals surface area (Å²) in [5, 5.41) is 8.45. The van der Waals surface area contributed by atoms with Gasteiger partial charge in [-0.1, -0.05) is 29.5 Å². The van der Waals surface area contributed by atoms with Gasteiger partial charge in [-0.15, -0.1) is 22.7 Å². The van der Waals surface area contributed by atoms with Gasteiger partial charge in [0.15, 0.2) is 5.13 Å². The van der Waals surface area contributed by atoms with Crippen LogP contribution in [0.2, 0.25) is 0 Å². The summed E-state index contributed by atoms with van der Waals surface area (Å²) in [6, 6.07) is 10.1. The van der Waals surface area contributed by atoms with Crippen LogP contribution in [0.5, 0.6) is 0 Å². The first kappa shape index (κ1) is 15.4. The van der Waals surface area contributed by atoms with Crippen molar-refractivity contribution in [1.82, 2.24) is 9.97 Å². The number of hydrogen-bond donors (Lipinski definition) is 1. The van der Waals surface area contributed by atoms with Crippen molar-refractivity contribution < 1.29 is 4.79 Å². The summed E-state index contributed by atoms with van der Waals surface area (Å²) in [7, 11) is 0. The van der Waals surface area contributed by atoms with E-state index in [0.717, 1.165) is 31.4 Å². The average Bonchev–Trinajstić information content (AvgIpc) is 3.26. The van der Waals surface area contributed by atoms with Crippen molar-refractivity contribution in [3.8, 4) is 9.88 Å². The molecule has 0 spiro atoms. The molecule has 3 aromatic heterocycles. The highest BCUT2D eigenvalue weighted by molar-refractivity contribution is 7.22. The van der Waals surface area contributed by atoms with Gasteiger partial charge in [-0.25, -0.2) is 9.97 Å². The first-order chi connectivity index (χ1) is 11.7. The van der Waals surface area contributed by atoms with Crippen LogP contribution < -0.4 is 5.32 Å². The van der Waals surface area contributed by atoms with E-state index >= 15 is 0 Å². The van der Waals surface area contributed by atoms with Gasteiger partial charge in [-0.05, 0) is 30.0 Å². The second kappa shape index (κ2) is 6.43. The maximum absolute atomic E-state index is 12.3. The Labute approximate surface area is 150 Å². The van der Waals surface area contributed by atoms with Crippen LogP contribution in [-0.4, -0.2) is 15.9 Å². The number of fused-ring (bicyclic) bond motifs is 1. The molecule has 0 unspecified atom stereocenters. The Balaban J connectivity index is 1.47. The van der Waals surface area contributed by atoms with E-state index in [0.29, 0.717) is 5.13 Å². The van der Waals surface area contributed by atoms with Gasteiger partial charge in [-0.3, -0.25) is 4.79 Å². The molecule has 0 atom stereocenters. The van der Waals surface area contributed by atoms with E-state index in [-0.39, 0.29) is 12.3 Å². The van der Waals surface area contributed by atoms with E-state index in [1.807, 2.05) is 48.0 Å². The van der Waals surface area contributed by atoms with Gasteiger partial charge in [0.05, 0.1) is 27.2 Å². The molecule has 0 aliphatic rings. The van der Waals surface area contributed by atoms with Gasteiger partial charge < -0.3 is 5.32 Å². The zero-order valence-corrected chi connectivity index (χ0v) is 15.2. The Morgan fingerprint density at radius 3 is 2.88 bits per heavy atom. The van der Waals surface area contributed by atoms with Crippen LogP contribution in [0.4, 0.5) is 5.13 Å². The molecule has 0 radical (unpaired) electrons. The summed E-state index contributed by atoms with van der Waals surface area (Å²) in [6.07, 6.45) is 0.261. The molecular weight excluding hydrogens is 358 g/mol. The monoisotopic (exact) mass is 371 g/mol. The summed E-state index contributed by atoms with van der Waals surface area (Å²) in [5.41, 5.74) is 2.86. The molecule has 120 valence electrons. The topological polar surface area (TPSA) is 54.9 Å². The molecule has 0 saturated carbocycles. The number of amides is 1. The number of benzene rings is 1. The number of thiazole rings is 2. The fourth-order valence-corrected chi connectivity index (χ4v) is 4.96. The van der Waals surface area contributed by atoms with Gasteiger partial charge >= 0.3 is 0 Å². The number of aromatic nitrogens is 2. The molecule has 0 saturated heterocycles. The van der Waals surface area contributed by atoms with E-state index < -0.39 is 0 Å². The van der Waals surface area contributed by atoms with Gasteiger partial charge in [0.1, 0.15) is 5.01 Å². The second-order valence-corrected chi connectivity index (χ2v) is 8.12. The van der Waals surface area contributed by atoms with Crippen molar-refractivity contribution in [2.45, 2.75) is 13.3 Å². The highest BCUT2D eigenvalue weighted by Gasteiger charge is 2.12. The maximum Gasteiger partial charge on any atom is 0.232 e. The lowest BCUT2D eigenvalue weighted by atomic mass is 10.2. The Bertz CT molecular complexity index is 1000. The lowest BCUT2D eigenvalue weighted by Crippen LogP contribution is -2.14. The maximum atomic E-state index is 12.3. The summed E-state index contributed by atoms with van der Waals surface area (Å²) in [6.45, 7) is 2.02. The highest BCUT2D eigenvalue weighted by atomic mass is 32.1. The number of nitrogens with zero attached hydrogens (tertiary/aromatic N) is 2. The number of aryl methyl sites for hydroxylation is 1. The van der Waals surface area contributed by atoms with E-state index in [2.05, 4.69) is 15.3 Å². The third-order valence-corrected chi connectivity index (χ3v) is 6.36. The molecule has 3 heterocycles. The van der Waals surface area contributed by atoms with Gasteiger partial charge in [-0.2, -0.15) is 0 Å². The molecule has 1 N–H and O–H groups in total. The van der Waals surface area contributed by atoms with Crippen LogP contribution in [0.1, 0.15) is 11.3 Å². The third kappa shape index (κ3) is 3.10. The van der Waals surface area contributed by atoms with E-state index in [1.165, 1.54) is 11.3 Å². The lowest BCUT2D eigenvalue weighted by Gasteiger charge is -1.98. The fourth-order valence-electron chi connectivity index (χ4n) is 2.37. The standard InChI is InChI=1S/C17H13N3OS3/c1-10-4-2-5-12-15(10)20-17(24-12)19-14(21)8-11-9-23-16(18-11)13-6-3-7-22-13/h2-7,9H,8H2,1H3,(H,19,20,21). The number of rotatable bonds is 4. The SMILES string of the molecule is Cc1cccc2sc(NC(=O)Cc3csc(-c4cccs4)n3)nc12. The second-order valence-electron chi connectivity index (χ2n) is 5.29. The van der Waals surface area contributed by atoms with E-state index in [9.17, 15) is 4.79 Å². The largest absolute Gasteiger partial charge is 0.302 e. The van der Waals surface area contributed by atoms with Crippen molar-refractivity contribution in [2.24, 2.45) is 0 Å². The third-order valence-electron chi connectivity index (χ3n) is 3.49. The number of thiophene rings is 1. The average molecular weight is 372 g/mol. The Morgan fingerprint density at radius 1 is 1.17 bits per heavy atom. The van der Waals surface area contributed by atoms with Crippen molar-refractivity contribution >= 4 is 55.3 Å².